The molecule has 2 aromatic heterocycles. The standard InChI is InChI=1S/C14H17N5OS/c1-8-9(7-17-14(15)18-8)13(20)16-6-5-12-19-10-3-2-4-11(10)21-12/h7H,2-6H2,1H3,(H,16,20)(H2,15,17,18). The van der Waals surface area contributed by atoms with Crippen LogP contribution >= 0.6 is 11.3 Å². The smallest absolute Gasteiger partial charge is 0.254 e. The van der Waals surface area contributed by atoms with Crippen molar-refractivity contribution >= 4 is 23.2 Å². The number of nitrogen functional groups attached to an aromatic ring is 1. The fourth-order valence-corrected chi connectivity index (χ4v) is 3.59. The van der Waals surface area contributed by atoms with Crippen LogP contribution in [0.25, 0.3) is 0 Å². The van der Waals surface area contributed by atoms with Gasteiger partial charge >= 0.3 is 0 Å². The van der Waals surface area contributed by atoms with Crippen molar-refractivity contribution in [3.05, 3.63) is 33.0 Å². The number of nitrogens with one attached hydrogen (secondary N) is 1. The summed E-state index contributed by atoms with van der Waals surface area (Å²) in [4.78, 5) is 25.9. The number of nitrogens with zero attached hydrogens (tertiary/aromatic N) is 3. The van der Waals surface area contributed by atoms with Crippen LogP contribution in [0.3, 0.4) is 0 Å². The molecule has 0 saturated carbocycles. The molecule has 2 heterocycles. The maximum absolute atomic E-state index is 12.1. The fraction of sp³-hybridized carbons (Fsp3) is 0.429. The van der Waals surface area contributed by atoms with Gasteiger partial charge in [-0.15, -0.1) is 11.3 Å². The third-order valence-electron chi connectivity index (χ3n) is 3.51. The van der Waals surface area contributed by atoms with E-state index in [1.54, 1.807) is 18.3 Å². The SMILES string of the molecule is Cc1nc(N)ncc1C(=O)NCCc1nc2c(s1)CCC2. The van der Waals surface area contributed by atoms with Crippen LogP contribution in [0.2, 0.25) is 0 Å². The lowest BCUT2D eigenvalue weighted by atomic mass is 10.2. The third-order valence-corrected chi connectivity index (χ3v) is 4.72. The maximum Gasteiger partial charge on any atom is 0.254 e. The van der Waals surface area contributed by atoms with Gasteiger partial charge in [0.25, 0.3) is 5.91 Å². The number of amides is 1. The zero-order valence-corrected chi connectivity index (χ0v) is 12.7. The minimum absolute atomic E-state index is 0.170. The van der Waals surface area contributed by atoms with E-state index in [-0.39, 0.29) is 11.9 Å². The number of thiazole rings is 1. The van der Waals surface area contributed by atoms with Gasteiger partial charge in [-0.25, -0.2) is 15.0 Å². The number of fused-ring (bicyclic) bond motifs is 1. The number of anilines is 1. The maximum atomic E-state index is 12.1. The Morgan fingerprint density at radius 3 is 3.05 bits per heavy atom. The second kappa shape index (κ2) is 5.77. The molecule has 21 heavy (non-hydrogen) atoms. The number of nitrogens with two attached hydrogens (primary N) is 1. The van der Waals surface area contributed by atoms with E-state index in [9.17, 15) is 4.79 Å². The molecule has 6 nitrogen and oxygen atoms in total. The number of hydrogen-bond donors (Lipinski definition) is 2. The van der Waals surface area contributed by atoms with Crippen molar-refractivity contribution in [1.82, 2.24) is 20.3 Å². The van der Waals surface area contributed by atoms with Gasteiger partial charge in [0.05, 0.1) is 22.0 Å². The first-order chi connectivity index (χ1) is 10.1. The fourth-order valence-electron chi connectivity index (χ4n) is 2.44. The predicted octanol–water partition coefficient (Wildman–Crippen LogP) is 1.28. The van der Waals surface area contributed by atoms with Gasteiger partial charge in [0, 0.05) is 24.0 Å². The molecule has 3 rings (SSSR count). The van der Waals surface area contributed by atoms with Crippen molar-refractivity contribution in [3.63, 3.8) is 0 Å². The number of hydrogen-bond acceptors (Lipinski definition) is 6. The molecule has 0 unspecified atom stereocenters. The van der Waals surface area contributed by atoms with Gasteiger partial charge in [-0.3, -0.25) is 4.79 Å². The van der Waals surface area contributed by atoms with E-state index >= 15 is 0 Å². The number of carbonyl (C=O) groups excluding carboxylic acids is 1. The molecule has 0 atom stereocenters. The van der Waals surface area contributed by atoms with Crippen molar-refractivity contribution in [1.29, 1.82) is 0 Å². The summed E-state index contributed by atoms with van der Waals surface area (Å²) in [5.74, 6) is 0.0120. The van der Waals surface area contributed by atoms with Gasteiger partial charge in [0.2, 0.25) is 5.95 Å². The molecule has 1 aliphatic rings. The van der Waals surface area contributed by atoms with Gasteiger partial charge < -0.3 is 11.1 Å². The van der Waals surface area contributed by atoms with Crippen molar-refractivity contribution < 1.29 is 4.79 Å². The van der Waals surface area contributed by atoms with E-state index in [2.05, 4.69) is 20.3 Å². The van der Waals surface area contributed by atoms with E-state index in [1.165, 1.54) is 23.2 Å². The topological polar surface area (TPSA) is 93.8 Å². The number of carbonyl (C=O) groups is 1. The first-order valence-corrected chi connectivity index (χ1v) is 7.80. The lowest BCUT2D eigenvalue weighted by Gasteiger charge is -2.06. The minimum atomic E-state index is -0.170. The highest BCUT2D eigenvalue weighted by Crippen LogP contribution is 2.27. The Bertz CT molecular complexity index is 660. The van der Waals surface area contributed by atoms with Crippen LogP contribution in [-0.2, 0) is 19.3 Å². The Kier molecular flexibility index (Phi) is 3.83. The van der Waals surface area contributed by atoms with E-state index in [0.29, 0.717) is 17.8 Å². The van der Waals surface area contributed by atoms with Crippen molar-refractivity contribution in [2.24, 2.45) is 0 Å². The molecular formula is C14H17N5OS. The minimum Gasteiger partial charge on any atom is -0.368 e. The average molecular weight is 303 g/mol. The lowest BCUT2D eigenvalue weighted by molar-refractivity contribution is 0.0953. The monoisotopic (exact) mass is 303 g/mol. The summed E-state index contributed by atoms with van der Waals surface area (Å²) >= 11 is 1.77. The summed E-state index contributed by atoms with van der Waals surface area (Å²) < 4.78 is 0. The highest BCUT2D eigenvalue weighted by molar-refractivity contribution is 7.11. The second-order valence-electron chi connectivity index (χ2n) is 5.06. The average Bonchev–Trinajstić information content (AvgIpc) is 2.99. The van der Waals surface area contributed by atoms with Crippen LogP contribution in [0.15, 0.2) is 6.20 Å². The Morgan fingerprint density at radius 2 is 2.29 bits per heavy atom. The van der Waals surface area contributed by atoms with Crippen LogP contribution in [-0.4, -0.2) is 27.4 Å². The van der Waals surface area contributed by atoms with Crippen molar-refractivity contribution in [2.75, 3.05) is 12.3 Å². The molecule has 0 aromatic carbocycles. The molecule has 110 valence electrons. The van der Waals surface area contributed by atoms with Crippen molar-refractivity contribution in [3.8, 4) is 0 Å². The molecule has 2 aromatic rings. The Morgan fingerprint density at radius 1 is 1.43 bits per heavy atom. The molecule has 0 saturated heterocycles. The molecule has 0 fully saturated rings. The first kappa shape index (κ1) is 13.9. The molecule has 1 amide bonds. The van der Waals surface area contributed by atoms with Gasteiger partial charge in [0.1, 0.15) is 0 Å². The molecular weight excluding hydrogens is 286 g/mol. The summed E-state index contributed by atoms with van der Waals surface area (Å²) in [7, 11) is 0. The van der Waals surface area contributed by atoms with E-state index in [4.69, 9.17) is 5.73 Å². The van der Waals surface area contributed by atoms with Crippen LogP contribution in [0.5, 0.6) is 0 Å². The van der Waals surface area contributed by atoms with Gasteiger partial charge in [-0.2, -0.15) is 0 Å². The quantitative estimate of drug-likeness (QED) is 0.887. The second-order valence-corrected chi connectivity index (χ2v) is 6.23. The summed E-state index contributed by atoms with van der Waals surface area (Å²) in [6.07, 6.45) is 5.70. The number of rotatable bonds is 4. The molecule has 0 radical (unpaired) electrons. The number of aromatic nitrogens is 3. The summed E-state index contributed by atoms with van der Waals surface area (Å²) in [6.45, 7) is 2.31. The van der Waals surface area contributed by atoms with Gasteiger partial charge in [0.15, 0.2) is 0 Å². The lowest BCUT2D eigenvalue weighted by Crippen LogP contribution is -2.27. The van der Waals surface area contributed by atoms with Crippen molar-refractivity contribution in [2.45, 2.75) is 32.6 Å². The number of aryl methyl sites for hydroxylation is 3. The third kappa shape index (κ3) is 3.02. The van der Waals surface area contributed by atoms with Gasteiger partial charge in [-0.1, -0.05) is 0 Å². The summed E-state index contributed by atoms with van der Waals surface area (Å²) in [6, 6.07) is 0. The molecule has 0 aliphatic heterocycles. The van der Waals surface area contributed by atoms with E-state index < -0.39 is 0 Å². The Balaban J connectivity index is 1.56. The summed E-state index contributed by atoms with van der Waals surface area (Å²) in [5.41, 5.74) is 7.79. The molecule has 1 aliphatic carbocycles. The highest BCUT2D eigenvalue weighted by atomic mass is 32.1. The Labute approximate surface area is 126 Å². The highest BCUT2D eigenvalue weighted by Gasteiger charge is 2.16. The van der Waals surface area contributed by atoms with Crippen LogP contribution < -0.4 is 11.1 Å². The predicted molar refractivity (Wildman–Crippen MR) is 81.4 cm³/mol. The molecule has 0 spiro atoms. The molecule has 0 bridgehead atoms. The van der Waals surface area contributed by atoms with Crippen LogP contribution in [0.4, 0.5) is 5.95 Å². The van der Waals surface area contributed by atoms with Crippen LogP contribution in [0.1, 0.15) is 38.1 Å². The Hall–Kier alpha value is -2.02. The largest absolute Gasteiger partial charge is 0.368 e. The zero-order chi connectivity index (χ0) is 14.8. The van der Waals surface area contributed by atoms with E-state index in [1.807, 2.05) is 0 Å². The zero-order valence-electron chi connectivity index (χ0n) is 11.8. The van der Waals surface area contributed by atoms with Gasteiger partial charge in [-0.05, 0) is 26.2 Å². The van der Waals surface area contributed by atoms with E-state index in [0.717, 1.165) is 24.3 Å². The molecule has 7 heteroatoms. The first-order valence-electron chi connectivity index (χ1n) is 6.98. The van der Waals surface area contributed by atoms with Crippen LogP contribution in [0, 0.1) is 6.92 Å². The normalized spacial score (nSPS) is 13.2. The summed E-state index contributed by atoms with van der Waals surface area (Å²) in [5, 5.41) is 3.98. The molecule has 3 N–H and O–H groups in total.